The molecular formula is C20H31N3O. The number of nitrogens with zero attached hydrogens (tertiary/aromatic N) is 2. The molecule has 1 aromatic rings. The average molecular weight is 329 g/mol. The highest BCUT2D eigenvalue weighted by molar-refractivity contribution is 5.94. The third kappa shape index (κ3) is 3.00. The topological polar surface area (TPSA) is 46.9 Å². The lowest BCUT2D eigenvalue weighted by molar-refractivity contribution is 0.0902. The molecule has 0 aromatic carbocycles. The number of nitrogens with one attached hydrogen (secondary N) is 1. The molecular weight excluding hydrogens is 298 g/mol. The first-order valence-corrected chi connectivity index (χ1v) is 10.1. The lowest BCUT2D eigenvalue weighted by atomic mass is 9.80. The van der Waals surface area contributed by atoms with E-state index in [9.17, 15) is 4.79 Å². The van der Waals surface area contributed by atoms with E-state index >= 15 is 0 Å². The first kappa shape index (κ1) is 16.2. The highest BCUT2D eigenvalue weighted by atomic mass is 16.2. The van der Waals surface area contributed by atoms with Crippen LogP contribution in [0.4, 0.5) is 0 Å². The van der Waals surface area contributed by atoms with E-state index in [4.69, 9.17) is 5.10 Å². The van der Waals surface area contributed by atoms with E-state index in [1.165, 1.54) is 75.5 Å². The van der Waals surface area contributed by atoms with Crippen molar-refractivity contribution in [3.05, 3.63) is 17.0 Å². The minimum absolute atomic E-state index is 0.0714. The van der Waals surface area contributed by atoms with Gasteiger partial charge in [-0.2, -0.15) is 5.10 Å². The number of fused-ring (bicyclic) bond motifs is 1. The Morgan fingerprint density at radius 3 is 2.50 bits per heavy atom. The molecule has 1 atom stereocenters. The number of carbonyl (C=O) groups is 1. The zero-order valence-corrected chi connectivity index (χ0v) is 15.0. The van der Waals surface area contributed by atoms with Crippen molar-refractivity contribution in [3.63, 3.8) is 0 Å². The Morgan fingerprint density at radius 1 is 1.04 bits per heavy atom. The van der Waals surface area contributed by atoms with Gasteiger partial charge in [-0.1, -0.05) is 25.7 Å². The van der Waals surface area contributed by atoms with Gasteiger partial charge in [0.1, 0.15) is 0 Å². The zero-order chi connectivity index (χ0) is 16.5. The summed E-state index contributed by atoms with van der Waals surface area (Å²) in [5.74, 6) is 0.743. The van der Waals surface area contributed by atoms with E-state index in [1.807, 2.05) is 0 Å². The maximum Gasteiger partial charge on any atom is 0.272 e. The molecule has 132 valence electrons. The molecule has 1 heterocycles. The van der Waals surface area contributed by atoms with Crippen molar-refractivity contribution in [3.8, 4) is 0 Å². The number of carbonyl (C=O) groups excluding carboxylic acids is 1. The second-order valence-electron chi connectivity index (χ2n) is 8.17. The first-order valence-electron chi connectivity index (χ1n) is 10.1. The molecule has 4 nitrogen and oxygen atoms in total. The van der Waals surface area contributed by atoms with Crippen LogP contribution >= 0.6 is 0 Å². The number of amides is 1. The summed E-state index contributed by atoms with van der Waals surface area (Å²) in [5.41, 5.74) is 3.36. The SMILES string of the molecule is CC(NC(=O)c1nn(C2CCCCC2)c2c1CCCC2)C1CCC1. The molecule has 0 saturated heterocycles. The molecule has 4 heteroatoms. The van der Waals surface area contributed by atoms with Gasteiger partial charge >= 0.3 is 0 Å². The minimum atomic E-state index is 0.0714. The molecule has 2 saturated carbocycles. The maximum atomic E-state index is 12.9. The Bertz CT molecular complexity index is 596. The van der Waals surface area contributed by atoms with Crippen LogP contribution in [0.15, 0.2) is 0 Å². The minimum Gasteiger partial charge on any atom is -0.348 e. The van der Waals surface area contributed by atoms with Crippen LogP contribution < -0.4 is 5.32 Å². The lowest BCUT2D eigenvalue weighted by Crippen LogP contribution is -2.41. The highest BCUT2D eigenvalue weighted by Crippen LogP contribution is 2.34. The molecule has 3 aliphatic carbocycles. The summed E-state index contributed by atoms with van der Waals surface area (Å²) < 4.78 is 2.26. The van der Waals surface area contributed by atoms with Crippen LogP contribution in [0, 0.1) is 5.92 Å². The van der Waals surface area contributed by atoms with Crippen molar-refractivity contribution < 1.29 is 4.79 Å². The number of hydrogen-bond donors (Lipinski definition) is 1. The van der Waals surface area contributed by atoms with Gasteiger partial charge in [0, 0.05) is 17.3 Å². The monoisotopic (exact) mass is 329 g/mol. The molecule has 3 aliphatic rings. The quantitative estimate of drug-likeness (QED) is 0.900. The van der Waals surface area contributed by atoms with E-state index in [1.54, 1.807) is 0 Å². The Hall–Kier alpha value is -1.32. The smallest absolute Gasteiger partial charge is 0.272 e. The molecule has 0 radical (unpaired) electrons. The summed E-state index contributed by atoms with van der Waals surface area (Å²) in [6, 6.07) is 0.807. The maximum absolute atomic E-state index is 12.9. The van der Waals surface area contributed by atoms with Gasteiger partial charge in [-0.3, -0.25) is 9.48 Å². The summed E-state index contributed by atoms with van der Waals surface area (Å²) >= 11 is 0. The summed E-state index contributed by atoms with van der Waals surface area (Å²) in [4.78, 5) is 12.9. The Labute approximate surface area is 145 Å². The average Bonchev–Trinajstić information content (AvgIpc) is 2.94. The molecule has 24 heavy (non-hydrogen) atoms. The molecule has 1 N–H and O–H groups in total. The number of hydrogen-bond acceptors (Lipinski definition) is 2. The highest BCUT2D eigenvalue weighted by Gasteiger charge is 2.31. The Morgan fingerprint density at radius 2 is 1.79 bits per heavy atom. The second kappa shape index (κ2) is 6.89. The van der Waals surface area contributed by atoms with Crippen molar-refractivity contribution in [1.29, 1.82) is 0 Å². The molecule has 1 amide bonds. The van der Waals surface area contributed by atoms with Crippen LogP contribution in [0.1, 0.15) is 98.9 Å². The fourth-order valence-corrected chi connectivity index (χ4v) is 4.77. The first-order chi connectivity index (χ1) is 11.7. The predicted molar refractivity (Wildman–Crippen MR) is 95.3 cm³/mol. The third-order valence-corrected chi connectivity index (χ3v) is 6.56. The van der Waals surface area contributed by atoms with Gasteiger partial charge in [-0.15, -0.1) is 0 Å². The van der Waals surface area contributed by atoms with Crippen molar-refractivity contribution in [2.24, 2.45) is 5.92 Å². The van der Waals surface area contributed by atoms with Gasteiger partial charge in [0.2, 0.25) is 0 Å². The number of rotatable bonds is 4. The van der Waals surface area contributed by atoms with Crippen molar-refractivity contribution in [2.45, 2.75) is 96.1 Å². The predicted octanol–water partition coefficient (Wildman–Crippen LogP) is 4.19. The largest absolute Gasteiger partial charge is 0.348 e. The van der Waals surface area contributed by atoms with Gasteiger partial charge < -0.3 is 5.32 Å². The van der Waals surface area contributed by atoms with Crippen molar-refractivity contribution >= 4 is 5.91 Å². The van der Waals surface area contributed by atoms with Gasteiger partial charge in [0.25, 0.3) is 5.91 Å². The van der Waals surface area contributed by atoms with Crippen molar-refractivity contribution in [1.82, 2.24) is 15.1 Å². The van der Waals surface area contributed by atoms with Crippen LogP contribution in [0.2, 0.25) is 0 Å². The van der Waals surface area contributed by atoms with Crippen LogP contribution in [0.5, 0.6) is 0 Å². The molecule has 1 unspecified atom stereocenters. The van der Waals surface area contributed by atoms with E-state index in [-0.39, 0.29) is 11.9 Å². The fourth-order valence-electron chi connectivity index (χ4n) is 4.77. The molecule has 1 aromatic heterocycles. The zero-order valence-electron chi connectivity index (χ0n) is 15.0. The van der Waals surface area contributed by atoms with Gasteiger partial charge in [-0.05, 0) is 64.2 Å². The van der Waals surface area contributed by atoms with Crippen LogP contribution in [0.25, 0.3) is 0 Å². The van der Waals surface area contributed by atoms with Gasteiger partial charge in [-0.25, -0.2) is 0 Å². The van der Waals surface area contributed by atoms with E-state index < -0.39 is 0 Å². The molecule has 0 bridgehead atoms. The summed E-state index contributed by atoms with van der Waals surface area (Å²) in [6.07, 6.45) is 14.8. The molecule has 0 aliphatic heterocycles. The van der Waals surface area contributed by atoms with E-state index in [0.29, 0.717) is 12.0 Å². The summed E-state index contributed by atoms with van der Waals surface area (Å²) in [6.45, 7) is 2.16. The number of aromatic nitrogens is 2. The normalized spacial score (nSPS) is 23.4. The molecule has 0 spiro atoms. The van der Waals surface area contributed by atoms with Crippen molar-refractivity contribution in [2.75, 3.05) is 0 Å². The second-order valence-corrected chi connectivity index (χ2v) is 8.17. The van der Waals surface area contributed by atoms with Crippen LogP contribution in [-0.2, 0) is 12.8 Å². The van der Waals surface area contributed by atoms with Crippen LogP contribution in [-0.4, -0.2) is 21.7 Å². The molecule has 4 rings (SSSR count). The molecule has 2 fully saturated rings. The lowest BCUT2D eigenvalue weighted by Gasteiger charge is -2.31. The van der Waals surface area contributed by atoms with E-state index in [2.05, 4.69) is 16.9 Å². The Kier molecular flexibility index (Phi) is 4.64. The summed E-state index contributed by atoms with van der Waals surface area (Å²) in [7, 11) is 0. The van der Waals surface area contributed by atoms with Crippen LogP contribution in [0.3, 0.4) is 0 Å². The standard InChI is InChI=1S/C20H31N3O/c1-14(15-8-7-9-15)21-20(24)19-17-12-5-6-13-18(17)23(22-19)16-10-3-2-4-11-16/h14-16H,2-13H2,1H3,(H,21,24). The Balaban J connectivity index is 1.57. The fraction of sp³-hybridized carbons (Fsp3) is 0.800. The summed E-state index contributed by atoms with van der Waals surface area (Å²) in [5, 5.41) is 8.13. The van der Waals surface area contributed by atoms with Gasteiger partial charge in [0.15, 0.2) is 5.69 Å². The van der Waals surface area contributed by atoms with Gasteiger partial charge in [0.05, 0.1) is 6.04 Å². The van der Waals surface area contributed by atoms with E-state index in [0.717, 1.165) is 18.5 Å². The third-order valence-electron chi connectivity index (χ3n) is 6.56.